The first kappa shape index (κ1) is 25.4. The largest absolute Gasteiger partial charge is 0.495 e. The van der Waals surface area contributed by atoms with Crippen molar-refractivity contribution in [2.75, 3.05) is 38.2 Å². The van der Waals surface area contributed by atoms with Crippen molar-refractivity contribution in [1.82, 2.24) is 9.88 Å². The Bertz CT molecular complexity index is 1390. The van der Waals surface area contributed by atoms with Gasteiger partial charge in [-0.15, -0.1) is 0 Å². The Kier molecular flexibility index (Phi) is 7.85. The number of anilines is 1. The van der Waals surface area contributed by atoms with Crippen LogP contribution in [0.15, 0.2) is 71.2 Å². The number of nitrogens with one attached hydrogen (secondary N) is 1. The van der Waals surface area contributed by atoms with Crippen molar-refractivity contribution in [2.45, 2.75) is 32.6 Å². The highest BCUT2D eigenvalue weighted by molar-refractivity contribution is 9.10. The summed E-state index contributed by atoms with van der Waals surface area (Å²) in [7, 11) is 1.71. The fraction of sp³-hybridized carbons (Fsp3) is 0.323. The molecule has 0 aliphatic carbocycles. The standard InChI is InChI=1S/C31H34BrN3O2/c1-22-14-15-27-26(20-22)25(31(33-27)23-8-7-9-24(32)21-23)10-3-6-13-30(36)35-18-16-34(17-19-35)28-11-4-5-12-29(28)37-2/h4-5,7-9,11-12,14-15,20-21,33H,3,6,10,13,16-19H2,1-2H3. The number of hydrogen-bond donors (Lipinski definition) is 1. The molecule has 0 saturated carbocycles. The van der Waals surface area contributed by atoms with Crippen molar-refractivity contribution in [1.29, 1.82) is 0 Å². The summed E-state index contributed by atoms with van der Waals surface area (Å²) in [5, 5.41) is 1.29. The van der Waals surface area contributed by atoms with Crippen LogP contribution in [0.5, 0.6) is 5.75 Å². The van der Waals surface area contributed by atoms with Gasteiger partial charge in [-0.25, -0.2) is 0 Å². The quantitative estimate of drug-likeness (QED) is 0.237. The van der Waals surface area contributed by atoms with Crippen LogP contribution in [0.25, 0.3) is 22.2 Å². The number of H-pyrrole nitrogens is 1. The third kappa shape index (κ3) is 5.69. The molecule has 1 fully saturated rings. The number of fused-ring (bicyclic) bond motifs is 1. The van der Waals surface area contributed by atoms with E-state index < -0.39 is 0 Å². The van der Waals surface area contributed by atoms with Gasteiger partial charge in [0.05, 0.1) is 12.8 Å². The molecule has 192 valence electrons. The molecule has 0 bridgehead atoms. The second kappa shape index (κ2) is 11.4. The number of piperazine rings is 1. The molecule has 1 aromatic heterocycles. The minimum absolute atomic E-state index is 0.265. The number of carbonyl (C=O) groups excluding carboxylic acids is 1. The molecule has 0 atom stereocenters. The Labute approximate surface area is 227 Å². The van der Waals surface area contributed by atoms with Gasteiger partial charge in [-0.2, -0.15) is 0 Å². The number of benzene rings is 3. The fourth-order valence-corrected chi connectivity index (χ4v) is 5.73. The average molecular weight is 561 g/mol. The number of halogens is 1. The number of aromatic nitrogens is 1. The number of aromatic amines is 1. The SMILES string of the molecule is COc1ccccc1N1CCN(C(=O)CCCCc2c(-c3cccc(Br)c3)[nH]c3ccc(C)cc23)CC1. The van der Waals surface area contributed by atoms with Crippen LogP contribution in [-0.4, -0.2) is 49.1 Å². The number of para-hydroxylation sites is 2. The van der Waals surface area contributed by atoms with Gasteiger partial charge >= 0.3 is 0 Å². The monoisotopic (exact) mass is 559 g/mol. The van der Waals surface area contributed by atoms with Gasteiger partial charge in [0.25, 0.3) is 0 Å². The van der Waals surface area contributed by atoms with E-state index in [9.17, 15) is 4.79 Å². The van der Waals surface area contributed by atoms with E-state index in [2.05, 4.69) is 81.3 Å². The molecule has 6 heteroatoms. The Morgan fingerprint density at radius 3 is 2.57 bits per heavy atom. The number of unbranched alkanes of at least 4 members (excludes halogenated alkanes) is 1. The highest BCUT2D eigenvalue weighted by Gasteiger charge is 2.22. The smallest absolute Gasteiger partial charge is 0.222 e. The van der Waals surface area contributed by atoms with E-state index in [1.54, 1.807) is 7.11 Å². The van der Waals surface area contributed by atoms with E-state index in [0.29, 0.717) is 6.42 Å². The zero-order chi connectivity index (χ0) is 25.8. The van der Waals surface area contributed by atoms with Crippen molar-refractivity contribution in [3.05, 3.63) is 82.3 Å². The summed E-state index contributed by atoms with van der Waals surface area (Å²) in [6, 6.07) is 23.1. The number of amides is 1. The lowest BCUT2D eigenvalue weighted by Gasteiger charge is -2.36. The van der Waals surface area contributed by atoms with Crippen LogP contribution in [0.1, 0.15) is 30.4 Å². The van der Waals surface area contributed by atoms with E-state index in [1.165, 1.54) is 33.3 Å². The molecule has 37 heavy (non-hydrogen) atoms. The summed E-state index contributed by atoms with van der Waals surface area (Å²) in [6.07, 6.45) is 3.42. The van der Waals surface area contributed by atoms with E-state index in [-0.39, 0.29) is 5.91 Å². The van der Waals surface area contributed by atoms with Crippen molar-refractivity contribution in [3.63, 3.8) is 0 Å². The fourth-order valence-electron chi connectivity index (χ4n) is 5.34. The van der Waals surface area contributed by atoms with E-state index >= 15 is 0 Å². The molecule has 5 rings (SSSR count). The Morgan fingerprint density at radius 1 is 0.973 bits per heavy atom. The first-order valence-electron chi connectivity index (χ1n) is 13.1. The second-order valence-corrected chi connectivity index (χ2v) is 10.7. The first-order chi connectivity index (χ1) is 18.0. The van der Waals surface area contributed by atoms with Crippen LogP contribution in [0.4, 0.5) is 5.69 Å². The Balaban J connectivity index is 1.19. The maximum atomic E-state index is 13.0. The predicted molar refractivity (Wildman–Crippen MR) is 156 cm³/mol. The lowest BCUT2D eigenvalue weighted by atomic mass is 9.99. The van der Waals surface area contributed by atoms with Crippen LogP contribution in [0.3, 0.4) is 0 Å². The molecule has 1 aliphatic rings. The highest BCUT2D eigenvalue weighted by atomic mass is 79.9. The van der Waals surface area contributed by atoms with Gasteiger partial charge in [0, 0.05) is 53.7 Å². The number of rotatable bonds is 8. The summed E-state index contributed by atoms with van der Waals surface area (Å²) >= 11 is 3.62. The summed E-state index contributed by atoms with van der Waals surface area (Å²) in [5.41, 5.74) is 7.24. The summed E-state index contributed by atoms with van der Waals surface area (Å²) < 4.78 is 6.59. The molecule has 4 aromatic rings. The van der Waals surface area contributed by atoms with Gasteiger partial charge in [0.15, 0.2) is 0 Å². The average Bonchev–Trinajstić information content (AvgIpc) is 3.28. The Morgan fingerprint density at radius 2 is 1.78 bits per heavy atom. The van der Waals surface area contributed by atoms with Gasteiger partial charge < -0.3 is 19.5 Å². The number of carbonyl (C=O) groups is 1. The van der Waals surface area contributed by atoms with Gasteiger partial charge in [-0.05, 0) is 73.7 Å². The van der Waals surface area contributed by atoms with Crippen LogP contribution in [0.2, 0.25) is 0 Å². The molecule has 0 unspecified atom stereocenters. The van der Waals surface area contributed by atoms with E-state index in [0.717, 1.165) is 61.4 Å². The topological polar surface area (TPSA) is 48.6 Å². The molecular formula is C31H34BrN3O2. The number of nitrogens with zero attached hydrogens (tertiary/aromatic N) is 2. The lowest BCUT2D eigenvalue weighted by molar-refractivity contribution is -0.131. The minimum atomic E-state index is 0.265. The van der Waals surface area contributed by atoms with Crippen LogP contribution in [0, 0.1) is 6.92 Å². The molecule has 2 heterocycles. The zero-order valence-corrected chi connectivity index (χ0v) is 23.2. The molecule has 3 aromatic carbocycles. The third-order valence-electron chi connectivity index (χ3n) is 7.30. The predicted octanol–water partition coefficient (Wildman–Crippen LogP) is 6.98. The number of hydrogen-bond acceptors (Lipinski definition) is 3. The van der Waals surface area contributed by atoms with Crippen molar-refractivity contribution >= 4 is 38.4 Å². The molecule has 1 saturated heterocycles. The summed E-state index contributed by atoms with van der Waals surface area (Å²) in [4.78, 5) is 21.0. The van der Waals surface area contributed by atoms with Crippen molar-refractivity contribution < 1.29 is 9.53 Å². The molecule has 5 nitrogen and oxygen atoms in total. The normalized spacial score (nSPS) is 13.8. The third-order valence-corrected chi connectivity index (χ3v) is 7.79. The molecular weight excluding hydrogens is 526 g/mol. The number of aryl methyl sites for hydroxylation is 2. The van der Waals surface area contributed by atoms with Crippen LogP contribution >= 0.6 is 15.9 Å². The summed E-state index contributed by atoms with van der Waals surface area (Å²) in [5.74, 6) is 1.15. The van der Waals surface area contributed by atoms with Gasteiger partial charge in [0.2, 0.25) is 5.91 Å². The van der Waals surface area contributed by atoms with Crippen LogP contribution in [-0.2, 0) is 11.2 Å². The molecule has 1 amide bonds. The van der Waals surface area contributed by atoms with Gasteiger partial charge in [0.1, 0.15) is 5.75 Å². The number of ether oxygens (including phenoxy) is 1. The van der Waals surface area contributed by atoms with Crippen LogP contribution < -0.4 is 9.64 Å². The van der Waals surface area contributed by atoms with Crippen molar-refractivity contribution in [3.8, 4) is 17.0 Å². The minimum Gasteiger partial charge on any atom is -0.495 e. The molecule has 1 N–H and O–H groups in total. The van der Waals surface area contributed by atoms with Crippen molar-refractivity contribution in [2.24, 2.45) is 0 Å². The summed E-state index contributed by atoms with van der Waals surface area (Å²) in [6.45, 7) is 5.31. The maximum absolute atomic E-state index is 13.0. The Hall–Kier alpha value is -3.25. The van der Waals surface area contributed by atoms with E-state index in [1.807, 2.05) is 23.1 Å². The van der Waals surface area contributed by atoms with Gasteiger partial charge in [-0.1, -0.05) is 51.8 Å². The lowest BCUT2D eigenvalue weighted by Crippen LogP contribution is -2.48. The molecule has 0 radical (unpaired) electrons. The van der Waals surface area contributed by atoms with E-state index in [4.69, 9.17) is 4.74 Å². The highest BCUT2D eigenvalue weighted by Crippen LogP contribution is 2.33. The first-order valence-corrected chi connectivity index (χ1v) is 13.9. The molecule has 1 aliphatic heterocycles. The molecule has 0 spiro atoms. The number of methoxy groups -OCH3 is 1. The second-order valence-electron chi connectivity index (χ2n) is 9.78. The zero-order valence-electron chi connectivity index (χ0n) is 21.6. The maximum Gasteiger partial charge on any atom is 0.222 e. The van der Waals surface area contributed by atoms with Gasteiger partial charge in [-0.3, -0.25) is 4.79 Å².